The Morgan fingerprint density at radius 2 is 1.04 bits per heavy atom. The molecule has 75 heavy (non-hydrogen) atoms. The van der Waals surface area contributed by atoms with E-state index >= 15 is 0 Å². The van der Waals surface area contributed by atoms with E-state index in [1.807, 2.05) is 76.2 Å². The number of aliphatic hydroxyl groups excluding tert-OH is 1. The van der Waals surface area contributed by atoms with Crippen molar-refractivity contribution in [2.24, 2.45) is 11.8 Å². The van der Waals surface area contributed by atoms with Gasteiger partial charge in [-0.15, -0.1) is 11.8 Å². The molecule has 20 heteroatoms. The van der Waals surface area contributed by atoms with Crippen molar-refractivity contribution < 1.29 is 48.3 Å². The summed E-state index contributed by atoms with van der Waals surface area (Å²) in [6.45, 7) is 10.8. The zero-order valence-corrected chi connectivity index (χ0v) is 47.0. The smallest absolute Gasteiger partial charge is 0.248 e. The number of hydrogen-bond donors (Lipinski definition) is 3. The SMILES string of the molecule is CC(C)C[C@H]1C(=O)N[C@H](C(=O)N2CCCCC2)CSCC(=O)N(C)[C@@H](Cc2ccccc2)C(=O)N(C)[C@@H](C)C(=O)N(C)[C@@H](Cc2ccccc2)C(=O)N(C)[C@@H](CC(C)C)C(=O)N[C@@H]([C@@H](C)O)C(=O)N(C)CC(=O)N1C. The fourth-order valence-corrected chi connectivity index (χ4v) is 10.4. The van der Waals surface area contributed by atoms with Gasteiger partial charge in [0.2, 0.25) is 53.2 Å². The molecule has 0 unspecified atom stereocenters. The molecule has 0 aromatic heterocycles. The minimum Gasteiger partial charge on any atom is -0.391 e. The number of amides is 9. The highest BCUT2D eigenvalue weighted by Gasteiger charge is 2.42. The summed E-state index contributed by atoms with van der Waals surface area (Å²) in [4.78, 5) is 139. The van der Waals surface area contributed by atoms with Gasteiger partial charge in [-0.25, -0.2) is 0 Å². The summed E-state index contributed by atoms with van der Waals surface area (Å²) in [6.07, 6.45) is 1.51. The van der Waals surface area contributed by atoms with Crippen molar-refractivity contribution in [1.29, 1.82) is 0 Å². The van der Waals surface area contributed by atoms with Crippen LogP contribution in [0.5, 0.6) is 0 Å². The molecule has 3 N–H and O–H groups in total. The maximum Gasteiger partial charge on any atom is 0.248 e. The lowest BCUT2D eigenvalue weighted by Crippen LogP contribution is -2.61. The Labute approximate surface area is 448 Å². The van der Waals surface area contributed by atoms with Crippen molar-refractivity contribution in [2.45, 2.75) is 135 Å². The summed E-state index contributed by atoms with van der Waals surface area (Å²) in [6, 6.07) is 9.78. The molecule has 2 fully saturated rings. The molecule has 0 saturated carbocycles. The Kier molecular flexibility index (Phi) is 23.6. The van der Waals surface area contributed by atoms with E-state index in [4.69, 9.17) is 0 Å². The molecule has 414 valence electrons. The second-order valence-electron chi connectivity index (χ2n) is 21.1. The second kappa shape index (κ2) is 28.8. The third kappa shape index (κ3) is 17.0. The summed E-state index contributed by atoms with van der Waals surface area (Å²) in [5.41, 5.74) is 1.47. The van der Waals surface area contributed by atoms with E-state index in [9.17, 15) is 48.3 Å². The third-order valence-corrected chi connectivity index (χ3v) is 15.4. The van der Waals surface area contributed by atoms with Gasteiger partial charge in [-0.05, 0) is 68.9 Å². The summed E-state index contributed by atoms with van der Waals surface area (Å²) in [7, 11) is 8.67. The number of likely N-dealkylation sites (tertiary alicyclic amines) is 1. The van der Waals surface area contributed by atoms with Gasteiger partial charge < -0.3 is 50.0 Å². The number of likely N-dealkylation sites (N-methyl/N-ethyl adjacent to an activating group) is 6. The van der Waals surface area contributed by atoms with Gasteiger partial charge in [0.15, 0.2) is 0 Å². The van der Waals surface area contributed by atoms with Crippen LogP contribution in [0, 0.1) is 11.8 Å². The molecular weight excluding hydrogens is 979 g/mol. The minimum atomic E-state index is -1.56. The number of carbonyl (C=O) groups excluding carboxylic acids is 9. The average molecular weight is 1060 g/mol. The molecule has 2 aliphatic rings. The van der Waals surface area contributed by atoms with E-state index in [1.54, 1.807) is 24.0 Å². The first-order valence-electron chi connectivity index (χ1n) is 26.1. The predicted octanol–water partition coefficient (Wildman–Crippen LogP) is 2.29. The number of hydrogen-bond acceptors (Lipinski definition) is 11. The molecule has 2 heterocycles. The van der Waals surface area contributed by atoms with Crippen LogP contribution in [0.3, 0.4) is 0 Å². The number of carbonyl (C=O) groups is 9. The third-order valence-electron chi connectivity index (χ3n) is 14.3. The van der Waals surface area contributed by atoms with Crippen LogP contribution >= 0.6 is 11.8 Å². The Morgan fingerprint density at radius 1 is 0.587 bits per heavy atom. The highest BCUT2D eigenvalue weighted by atomic mass is 32.2. The largest absolute Gasteiger partial charge is 0.391 e. The molecule has 0 aliphatic carbocycles. The van der Waals surface area contributed by atoms with Crippen LogP contribution in [-0.4, -0.2) is 214 Å². The van der Waals surface area contributed by atoms with Crippen molar-refractivity contribution >= 4 is 64.9 Å². The number of aliphatic hydroxyl groups is 1. The number of thioether (sulfide) groups is 1. The first-order chi connectivity index (χ1) is 35.3. The topological polar surface area (TPSA) is 221 Å². The molecule has 8 atom stereocenters. The highest BCUT2D eigenvalue weighted by molar-refractivity contribution is 8.00. The zero-order valence-electron chi connectivity index (χ0n) is 46.2. The fraction of sp³-hybridized carbons (Fsp3) is 0.618. The van der Waals surface area contributed by atoms with Crippen molar-refractivity contribution in [3.05, 3.63) is 71.8 Å². The molecule has 2 saturated heterocycles. The van der Waals surface area contributed by atoms with Crippen molar-refractivity contribution in [1.82, 2.24) is 44.9 Å². The van der Waals surface area contributed by atoms with Crippen LogP contribution in [0.2, 0.25) is 0 Å². The van der Waals surface area contributed by atoms with Crippen LogP contribution in [0.15, 0.2) is 60.7 Å². The molecule has 0 spiro atoms. The molecule has 2 aromatic carbocycles. The van der Waals surface area contributed by atoms with Gasteiger partial charge in [0.25, 0.3) is 0 Å². The van der Waals surface area contributed by atoms with E-state index in [1.165, 1.54) is 73.7 Å². The van der Waals surface area contributed by atoms with Crippen molar-refractivity contribution in [3.8, 4) is 0 Å². The Balaban J connectivity index is 1.84. The van der Waals surface area contributed by atoms with Gasteiger partial charge in [0.1, 0.15) is 42.3 Å². The first kappa shape index (κ1) is 61.5. The highest BCUT2D eigenvalue weighted by Crippen LogP contribution is 2.22. The lowest BCUT2D eigenvalue weighted by Gasteiger charge is -2.38. The van der Waals surface area contributed by atoms with Gasteiger partial charge in [-0.3, -0.25) is 43.2 Å². The average Bonchev–Trinajstić information content (AvgIpc) is 3.39. The van der Waals surface area contributed by atoms with Gasteiger partial charge in [0.05, 0.1) is 18.4 Å². The van der Waals surface area contributed by atoms with Gasteiger partial charge in [0, 0.05) is 74.0 Å². The predicted molar refractivity (Wildman–Crippen MR) is 289 cm³/mol. The maximum absolute atomic E-state index is 15.0. The summed E-state index contributed by atoms with van der Waals surface area (Å²) >= 11 is 1.12. The van der Waals surface area contributed by atoms with Crippen LogP contribution in [0.25, 0.3) is 0 Å². The monoisotopic (exact) mass is 1060 g/mol. The second-order valence-corrected chi connectivity index (χ2v) is 22.1. The van der Waals surface area contributed by atoms with Crippen LogP contribution in [0.1, 0.15) is 84.8 Å². The van der Waals surface area contributed by atoms with Crippen LogP contribution < -0.4 is 10.6 Å². The summed E-state index contributed by atoms with van der Waals surface area (Å²) in [5.74, 6) is -5.78. The van der Waals surface area contributed by atoms with E-state index in [0.717, 1.165) is 41.5 Å². The van der Waals surface area contributed by atoms with Crippen molar-refractivity contribution in [3.63, 3.8) is 0 Å². The first-order valence-corrected chi connectivity index (χ1v) is 27.3. The lowest BCUT2D eigenvalue weighted by molar-refractivity contribution is -0.153. The number of nitrogens with one attached hydrogen (secondary N) is 2. The fourth-order valence-electron chi connectivity index (χ4n) is 9.42. The Morgan fingerprint density at radius 3 is 1.55 bits per heavy atom. The van der Waals surface area contributed by atoms with Gasteiger partial charge in [-0.2, -0.15) is 0 Å². The molecule has 0 bridgehead atoms. The van der Waals surface area contributed by atoms with E-state index in [2.05, 4.69) is 10.6 Å². The Bertz CT molecular complexity index is 2280. The number of piperidine rings is 1. The van der Waals surface area contributed by atoms with Gasteiger partial charge >= 0.3 is 0 Å². The normalized spacial score (nSPS) is 25.2. The van der Waals surface area contributed by atoms with E-state index in [0.29, 0.717) is 18.7 Å². The lowest BCUT2D eigenvalue weighted by atomic mass is 9.98. The molecular formula is C55H83N9O10S. The number of nitrogens with zero attached hydrogens (tertiary/aromatic N) is 7. The molecule has 0 radical (unpaired) electrons. The van der Waals surface area contributed by atoms with Crippen LogP contribution in [-0.2, 0) is 56.0 Å². The molecule has 4 rings (SSSR count). The van der Waals surface area contributed by atoms with Gasteiger partial charge in [-0.1, -0.05) is 88.4 Å². The standard InChI is InChI=1S/C55H83N9O10S/c1-35(2)28-42-49(68)56-41(52(71)64-26-20-15-21-27-64)33-75-34-47(67)61(10)44(30-39-22-16-13-17-23-39)53(72)59(8)37(5)51(70)63(12)45(31-40-24-18-14-19-25-40)54(73)62(11)43(29-36(3)4)50(69)57-48(38(6)65)55(74)58(7)32-46(66)60(42)9/h13-14,16-19,22-25,35-38,41-45,48,65H,15,20-21,26-34H2,1-12H3,(H,56,68)(H,57,69)/t37-,38+,41-,42-,43-,44-,45-,48-/m0/s1. The van der Waals surface area contributed by atoms with E-state index < -0.39 is 102 Å². The molecule has 19 nitrogen and oxygen atoms in total. The maximum atomic E-state index is 15.0. The Hall–Kier alpha value is -6.02. The van der Waals surface area contributed by atoms with E-state index in [-0.39, 0.29) is 54.9 Å². The van der Waals surface area contributed by atoms with Crippen LogP contribution in [0.4, 0.5) is 0 Å². The molecule has 9 amide bonds. The van der Waals surface area contributed by atoms with Crippen molar-refractivity contribution in [2.75, 3.05) is 73.4 Å². The molecule has 2 aromatic rings. The molecule has 2 aliphatic heterocycles. The summed E-state index contributed by atoms with van der Waals surface area (Å²) < 4.78 is 0. The minimum absolute atomic E-state index is 0.0123. The number of rotatable bonds is 10. The zero-order chi connectivity index (χ0) is 55.8. The summed E-state index contributed by atoms with van der Waals surface area (Å²) in [5, 5.41) is 16.6. The number of benzene rings is 2. The quantitative estimate of drug-likeness (QED) is 0.314.